The molecule has 0 aliphatic rings. The van der Waals surface area contributed by atoms with E-state index in [0.29, 0.717) is 25.1 Å². The Morgan fingerprint density at radius 3 is 2.48 bits per heavy atom. The molecular weight excluding hydrogens is 458 g/mol. The molecule has 3 rings (SSSR count). The minimum absolute atomic E-state index is 0.0767. The van der Waals surface area contributed by atoms with Crippen molar-refractivity contribution >= 4 is 34.1 Å². The van der Waals surface area contributed by atoms with E-state index >= 15 is 0 Å². The van der Waals surface area contributed by atoms with E-state index in [1.165, 1.54) is 7.11 Å². The summed E-state index contributed by atoms with van der Waals surface area (Å²) in [7, 11) is 1.36. The van der Waals surface area contributed by atoms with Crippen LogP contribution in [-0.2, 0) is 17.7 Å². The Morgan fingerprint density at radius 1 is 1.03 bits per heavy atom. The molecule has 1 aromatic heterocycles. The zero-order valence-corrected chi connectivity index (χ0v) is 19.1. The van der Waals surface area contributed by atoms with Gasteiger partial charge in [-0.25, -0.2) is 4.79 Å². The van der Waals surface area contributed by atoms with Crippen LogP contribution in [0.5, 0.6) is 5.75 Å². The molecule has 0 unspecified atom stereocenters. The highest BCUT2D eigenvalue weighted by Crippen LogP contribution is 2.23. The lowest BCUT2D eigenvalue weighted by atomic mass is 10.1. The van der Waals surface area contributed by atoms with E-state index in [2.05, 4.69) is 15.9 Å². The van der Waals surface area contributed by atoms with Crippen molar-refractivity contribution < 1.29 is 14.3 Å². The van der Waals surface area contributed by atoms with Crippen LogP contribution >= 0.6 is 15.9 Å². The molecule has 0 fully saturated rings. The number of nitrogens with zero attached hydrogens (tertiary/aromatic N) is 1. The molecule has 2 aromatic carbocycles. The SMILES string of the molecule is CCOc1ccccc1C=Cc1c(Br)ccc(=O)n1CCc1ccc(C(=O)OC)cc1. The first kappa shape index (κ1) is 22.6. The fourth-order valence-electron chi connectivity index (χ4n) is 3.21. The maximum absolute atomic E-state index is 12.6. The Morgan fingerprint density at radius 2 is 1.77 bits per heavy atom. The lowest BCUT2D eigenvalue weighted by Crippen LogP contribution is -2.22. The van der Waals surface area contributed by atoms with Crippen LogP contribution < -0.4 is 10.3 Å². The zero-order chi connectivity index (χ0) is 22.2. The van der Waals surface area contributed by atoms with E-state index in [1.807, 2.05) is 55.5 Å². The molecule has 0 bridgehead atoms. The van der Waals surface area contributed by atoms with Crippen molar-refractivity contribution in [1.29, 1.82) is 0 Å². The van der Waals surface area contributed by atoms with E-state index in [-0.39, 0.29) is 11.5 Å². The molecule has 0 aliphatic heterocycles. The number of esters is 1. The van der Waals surface area contributed by atoms with E-state index in [9.17, 15) is 9.59 Å². The number of benzene rings is 2. The highest BCUT2D eigenvalue weighted by atomic mass is 79.9. The largest absolute Gasteiger partial charge is 0.493 e. The highest BCUT2D eigenvalue weighted by Gasteiger charge is 2.09. The molecule has 0 amide bonds. The van der Waals surface area contributed by atoms with Crippen LogP contribution in [0, 0.1) is 0 Å². The number of carbonyl (C=O) groups is 1. The molecule has 0 spiro atoms. The molecule has 0 saturated heterocycles. The van der Waals surface area contributed by atoms with Crippen LogP contribution in [-0.4, -0.2) is 24.3 Å². The summed E-state index contributed by atoms with van der Waals surface area (Å²) in [5.74, 6) is 0.433. The first-order chi connectivity index (χ1) is 15.0. The third-order valence-electron chi connectivity index (χ3n) is 4.81. The van der Waals surface area contributed by atoms with Gasteiger partial charge in [0.05, 0.1) is 25.0 Å². The second-order valence-electron chi connectivity index (χ2n) is 6.80. The molecular formula is C25H24BrNO4. The van der Waals surface area contributed by atoms with Crippen LogP contribution in [0.3, 0.4) is 0 Å². The number of aryl methyl sites for hydroxylation is 1. The summed E-state index contributed by atoms with van der Waals surface area (Å²) in [4.78, 5) is 24.2. The number of carbonyl (C=O) groups excluding carboxylic acids is 1. The Kier molecular flexibility index (Phi) is 7.84. The van der Waals surface area contributed by atoms with Gasteiger partial charge >= 0.3 is 5.97 Å². The number of ether oxygens (including phenoxy) is 2. The number of para-hydroxylation sites is 1. The van der Waals surface area contributed by atoms with Crippen molar-refractivity contribution in [2.24, 2.45) is 0 Å². The summed E-state index contributed by atoms with van der Waals surface area (Å²) in [5.41, 5.74) is 3.17. The van der Waals surface area contributed by atoms with E-state index in [4.69, 9.17) is 9.47 Å². The fourth-order valence-corrected chi connectivity index (χ4v) is 3.69. The molecule has 0 aliphatic carbocycles. The predicted octanol–water partition coefficient (Wildman–Crippen LogP) is 5.21. The van der Waals surface area contributed by atoms with Gasteiger partial charge in [-0.2, -0.15) is 0 Å². The van der Waals surface area contributed by atoms with Crippen molar-refractivity contribution in [2.45, 2.75) is 19.9 Å². The van der Waals surface area contributed by atoms with Crippen LogP contribution in [0.15, 0.2) is 69.9 Å². The van der Waals surface area contributed by atoms with Crippen LogP contribution in [0.4, 0.5) is 0 Å². The Balaban J connectivity index is 1.85. The van der Waals surface area contributed by atoms with Crippen molar-refractivity contribution in [3.63, 3.8) is 0 Å². The maximum Gasteiger partial charge on any atom is 0.337 e. The monoisotopic (exact) mass is 481 g/mol. The van der Waals surface area contributed by atoms with Gasteiger partial charge in [-0.05, 0) is 71.3 Å². The maximum atomic E-state index is 12.6. The summed E-state index contributed by atoms with van der Waals surface area (Å²) in [6.07, 6.45) is 4.52. The summed E-state index contributed by atoms with van der Waals surface area (Å²) < 4.78 is 13.0. The number of rotatable bonds is 8. The standard InChI is InChI=1S/C25H24BrNO4/c1-3-31-23-7-5-4-6-19(23)12-14-22-21(26)13-15-24(28)27(22)17-16-18-8-10-20(11-9-18)25(29)30-2/h4-15H,3,16-17H2,1-2H3. The number of hydrogen-bond donors (Lipinski definition) is 0. The second kappa shape index (κ2) is 10.8. The van der Waals surface area contributed by atoms with Crippen molar-refractivity contribution in [2.75, 3.05) is 13.7 Å². The van der Waals surface area contributed by atoms with Gasteiger partial charge in [0.1, 0.15) is 5.75 Å². The van der Waals surface area contributed by atoms with Gasteiger partial charge in [0, 0.05) is 22.6 Å². The smallest absolute Gasteiger partial charge is 0.337 e. The van der Waals surface area contributed by atoms with Crippen molar-refractivity contribution in [3.8, 4) is 5.75 Å². The minimum atomic E-state index is -0.366. The Bertz CT molecular complexity index is 1130. The summed E-state index contributed by atoms with van der Waals surface area (Å²) in [6, 6.07) is 18.3. The molecule has 160 valence electrons. The summed E-state index contributed by atoms with van der Waals surface area (Å²) in [5, 5.41) is 0. The number of aromatic nitrogens is 1. The van der Waals surface area contributed by atoms with Gasteiger partial charge in [0.15, 0.2) is 0 Å². The van der Waals surface area contributed by atoms with E-state index in [0.717, 1.165) is 27.0 Å². The van der Waals surface area contributed by atoms with Crippen molar-refractivity contribution in [1.82, 2.24) is 4.57 Å². The normalized spacial score (nSPS) is 10.9. The van der Waals surface area contributed by atoms with Gasteiger partial charge < -0.3 is 14.0 Å². The Labute approximate surface area is 190 Å². The third kappa shape index (κ3) is 5.73. The van der Waals surface area contributed by atoms with Gasteiger partial charge in [-0.3, -0.25) is 4.79 Å². The molecule has 5 nitrogen and oxygen atoms in total. The first-order valence-corrected chi connectivity index (χ1v) is 10.8. The quantitative estimate of drug-likeness (QED) is 0.414. The topological polar surface area (TPSA) is 57.5 Å². The number of halogens is 1. The average Bonchev–Trinajstić information content (AvgIpc) is 2.79. The summed E-state index contributed by atoms with van der Waals surface area (Å²) in [6.45, 7) is 3.03. The molecule has 0 N–H and O–H groups in total. The van der Waals surface area contributed by atoms with Gasteiger partial charge in [0.25, 0.3) is 5.56 Å². The lowest BCUT2D eigenvalue weighted by Gasteiger charge is -2.13. The number of hydrogen-bond acceptors (Lipinski definition) is 4. The molecule has 31 heavy (non-hydrogen) atoms. The van der Waals surface area contributed by atoms with Crippen molar-refractivity contribution in [3.05, 3.63) is 97.9 Å². The van der Waals surface area contributed by atoms with Gasteiger partial charge in [-0.15, -0.1) is 0 Å². The number of pyridine rings is 1. The lowest BCUT2D eigenvalue weighted by molar-refractivity contribution is 0.0600. The molecule has 6 heteroatoms. The zero-order valence-electron chi connectivity index (χ0n) is 17.5. The molecule has 0 atom stereocenters. The average molecular weight is 482 g/mol. The van der Waals surface area contributed by atoms with E-state index < -0.39 is 0 Å². The summed E-state index contributed by atoms with van der Waals surface area (Å²) >= 11 is 3.57. The van der Waals surface area contributed by atoms with Crippen LogP contribution in [0.2, 0.25) is 0 Å². The van der Waals surface area contributed by atoms with Gasteiger partial charge in [0.2, 0.25) is 0 Å². The fraction of sp³-hybridized carbons (Fsp3) is 0.200. The predicted molar refractivity (Wildman–Crippen MR) is 126 cm³/mol. The molecule has 0 radical (unpaired) electrons. The Hall–Kier alpha value is -3.12. The number of methoxy groups -OCH3 is 1. The minimum Gasteiger partial charge on any atom is -0.493 e. The first-order valence-electron chi connectivity index (χ1n) is 10.00. The highest BCUT2D eigenvalue weighted by molar-refractivity contribution is 9.10. The molecule has 3 aromatic rings. The van der Waals surface area contributed by atoms with Crippen LogP contribution in [0.25, 0.3) is 12.2 Å². The third-order valence-corrected chi connectivity index (χ3v) is 5.48. The molecule has 0 saturated carbocycles. The van der Waals surface area contributed by atoms with Gasteiger partial charge in [-0.1, -0.05) is 30.3 Å². The van der Waals surface area contributed by atoms with Crippen LogP contribution in [0.1, 0.15) is 34.1 Å². The second-order valence-corrected chi connectivity index (χ2v) is 7.65. The van der Waals surface area contributed by atoms with E-state index in [1.54, 1.807) is 28.8 Å². The molecule has 1 heterocycles.